The van der Waals surface area contributed by atoms with Gasteiger partial charge in [0.1, 0.15) is 17.7 Å². The van der Waals surface area contributed by atoms with Crippen molar-refractivity contribution in [3.63, 3.8) is 0 Å². The van der Waals surface area contributed by atoms with E-state index in [4.69, 9.17) is 4.74 Å². The monoisotopic (exact) mass is 230 g/mol. The Labute approximate surface area is 93.9 Å². The average Bonchev–Trinajstić information content (AvgIpc) is 2.16. The molecule has 2 nitrogen and oxygen atoms in total. The summed E-state index contributed by atoms with van der Waals surface area (Å²) in [5.41, 5.74) is -0.868. The zero-order valence-electron chi connectivity index (χ0n) is 9.63. The van der Waals surface area contributed by atoms with Crippen LogP contribution in [0, 0.1) is 11.6 Å². The lowest BCUT2D eigenvalue weighted by molar-refractivity contribution is -0.0994. The molecule has 0 aliphatic heterocycles. The van der Waals surface area contributed by atoms with Gasteiger partial charge in [-0.2, -0.15) is 0 Å². The van der Waals surface area contributed by atoms with Crippen molar-refractivity contribution in [3.05, 3.63) is 35.4 Å². The number of rotatable bonds is 4. The molecule has 0 heterocycles. The van der Waals surface area contributed by atoms with E-state index in [1.54, 1.807) is 20.8 Å². The lowest BCUT2D eigenvalue weighted by atomic mass is 9.94. The minimum atomic E-state index is -1.13. The maximum Gasteiger partial charge on any atom is 0.132 e. The third-order valence-corrected chi connectivity index (χ3v) is 2.43. The van der Waals surface area contributed by atoms with Crippen LogP contribution in [0.4, 0.5) is 8.78 Å². The lowest BCUT2D eigenvalue weighted by Gasteiger charge is -2.30. The van der Waals surface area contributed by atoms with Crippen LogP contribution in [0.2, 0.25) is 0 Å². The first-order chi connectivity index (χ1) is 7.38. The molecule has 90 valence electrons. The Morgan fingerprint density at radius 3 is 2.50 bits per heavy atom. The van der Waals surface area contributed by atoms with Crippen molar-refractivity contribution >= 4 is 0 Å². The van der Waals surface area contributed by atoms with Gasteiger partial charge in [-0.1, -0.05) is 6.07 Å². The zero-order valence-corrected chi connectivity index (χ0v) is 9.63. The molecule has 0 fully saturated rings. The Kier molecular flexibility index (Phi) is 3.99. The molecular weight excluding hydrogens is 214 g/mol. The first kappa shape index (κ1) is 13.1. The number of aliphatic hydroxyl groups excluding tert-OH is 1. The van der Waals surface area contributed by atoms with E-state index >= 15 is 0 Å². The van der Waals surface area contributed by atoms with E-state index in [-0.39, 0.29) is 5.56 Å². The summed E-state index contributed by atoms with van der Waals surface area (Å²) in [7, 11) is 0. The summed E-state index contributed by atoms with van der Waals surface area (Å²) < 4.78 is 31.4. The SMILES string of the molecule is CCOC(C)(C)C(O)c1ccc(F)cc1F. The van der Waals surface area contributed by atoms with Gasteiger partial charge in [-0.05, 0) is 26.8 Å². The number of hydrogen-bond acceptors (Lipinski definition) is 2. The van der Waals surface area contributed by atoms with Crippen molar-refractivity contribution in [2.24, 2.45) is 0 Å². The van der Waals surface area contributed by atoms with Gasteiger partial charge in [0.15, 0.2) is 0 Å². The van der Waals surface area contributed by atoms with Gasteiger partial charge in [0.25, 0.3) is 0 Å². The highest BCUT2D eigenvalue weighted by Gasteiger charge is 2.31. The highest BCUT2D eigenvalue weighted by atomic mass is 19.1. The summed E-state index contributed by atoms with van der Waals surface area (Å²) in [5.74, 6) is -1.43. The van der Waals surface area contributed by atoms with E-state index in [1.165, 1.54) is 6.07 Å². The predicted octanol–water partition coefficient (Wildman–Crippen LogP) is 2.81. The molecule has 0 radical (unpaired) electrons. The largest absolute Gasteiger partial charge is 0.385 e. The summed E-state index contributed by atoms with van der Waals surface area (Å²) in [5, 5.41) is 9.96. The molecule has 0 aliphatic carbocycles. The Morgan fingerprint density at radius 1 is 1.38 bits per heavy atom. The molecule has 16 heavy (non-hydrogen) atoms. The Morgan fingerprint density at radius 2 is 2.00 bits per heavy atom. The molecule has 1 aromatic carbocycles. The van der Waals surface area contributed by atoms with Gasteiger partial charge in [-0.15, -0.1) is 0 Å². The van der Waals surface area contributed by atoms with Gasteiger partial charge in [-0.3, -0.25) is 0 Å². The van der Waals surface area contributed by atoms with Crippen LogP contribution in [0.3, 0.4) is 0 Å². The molecule has 0 saturated carbocycles. The molecule has 0 amide bonds. The quantitative estimate of drug-likeness (QED) is 0.861. The number of halogens is 2. The second-order valence-corrected chi connectivity index (χ2v) is 4.10. The maximum atomic E-state index is 13.4. The molecule has 1 rings (SSSR count). The molecular formula is C12H16F2O2. The predicted molar refractivity (Wildman–Crippen MR) is 57.0 cm³/mol. The summed E-state index contributed by atoms with van der Waals surface area (Å²) in [6.45, 7) is 5.51. The van der Waals surface area contributed by atoms with Gasteiger partial charge in [0.2, 0.25) is 0 Å². The highest BCUT2D eigenvalue weighted by molar-refractivity contribution is 5.22. The van der Waals surface area contributed by atoms with Crippen molar-refractivity contribution in [1.82, 2.24) is 0 Å². The van der Waals surface area contributed by atoms with Gasteiger partial charge < -0.3 is 9.84 Å². The van der Waals surface area contributed by atoms with E-state index < -0.39 is 23.3 Å². The number of benzene rings is 1. The molecule has 0 aliphatic rings. The van der Waals surface area contributed by atoms with Crippen LogP contribution < -0.4 is 0 Å². The second-order valence-electron chi connectivity index (χ2n) is 4.10. The molecule has 1 unspecified atom stereocenters. The smallest absolute Gasteiger partial charge is 0.132 e. The van der Waals surface area contributed by atoms with Crippen LogP contribution in [-0.4, -0.2) is 17.3 Å². The van der Waals surface area contributed by atoms with Crippen LogP contribution in [-0.2, 0) is 4.74 Å². The van der Waals surface area contributed by atoms with Crippen molar-refractivity contribution in [2.45, 2.75) is 32.5 Å². The second kappa shape index (κ2) is 4.89. The Hall–Kier alpha value is -1.00. The van der Waals surface area contributed by atoms with E-state index in [2.05, 4.69) is 0 Å². The minimum Gasteiger partial charge on any atom is -0.385 e. The Bertz CT molecular complexity index is 364. The maximum absolute atomic E-state index is 13.4. The molecule has 0 aromatic heterocycles. The summed E-state index contributed by atoms with van der Waals surface area (Å²) in [6, 6.07) is 3.10. The molecule has 0 bridgehead atoms. The zero-order chi connectivity index (χ0) is 12.3. The number of ether oxygens (including phenoxy) is 1. The fraction of sp³-hybridized carbons (Fsp3) is 0.500. The molecule has 0 saturated heterocycles. The van der Waals surface area contributed by atoms with Crippen molar-refractivity contribution < 1.29 is 18.6 Å². The van der Waals surface area contributed by atoms with Crippen LogP contribution in [0.5, 0.6) is 0 Å². The van der Waals surface area contributed by atoms with E-state index in [0.29, 0.717) is 6.61 Å². The van der Waals surface area contributed by atoms with Crippen LogP contribution >= 0.6 is 0 Å². The average molecular weight is 230 g/mol. The summed E-state index contributed by atoms with van der Waals surface area (Å²) >= 11 is 0. The van der Waals surface area contributed by atoms with Gasteiger partial charge in [-0.25, -0.2) is 8.78 Å². The summed E-state index contributed by atoms with van der Waals surface area (Å²) in [4.78, 5) is 0. The molecule has 1 atom stereocenters. The summed E-state index contributed by atoms with van der Waals surface area (Å²) in [6.07, 6.45) is -1.13. The van der Waals surface area contributed by atoms with Gasteiger partial charge in [0.05, 0.1) is 5.60 Å². The third-order valence-electron chi connectivity index (χ3n) is 2.43. The fourth-order valence-electron chi connectivity index (χ4n) is 1.55. The molecule has 4 heteroatoms. The molecule has 1 N–H and O–H groups in total. The van der Waals surface area contributed by atoms with Crippen molar-refractivity contribution in [2.75, 3.05) is 6.61 Å². The highest BCUT2D eigenvalue weighted by Crippen LogP contribution is 2.30. The van der Waals surface area contributed by atoms with Crippen LogP contribution in [0.25, 0.3) is 0 Å². The normalized spacial score (nSPS) is 13.9. The van der Waals surface area contributed by atoms with E-state index in [1.807, 2.05) is 0 Å². The molecule has 1 aromatic rings. The molecule has 0 spiro atoms. The first-order valence-electron chi connectivity index (χ1n) is 5.15. The third kappa shape index (κ3) is 2.77. The van der Waals surface area contributed by atoms with Gasteiger partial charge in [0, 0.05) is 18.2 Å². The van der Waals surface area contributed by atoms with E-state index in [9.17, 15) is 13.9 Å². The number of hydrogen-bond donors (Lipinski definition) is 1. The topological polar surface area (TPSA) is 29.5 Å². The Balaban J connectivity index is 3.00. The lowest BCUT2D eigenvalue weighted by Crippen LogP contribution is -2.33. The number of aliphatic hydroxyl groups is 1. The van der Waals surface area contributed by atoms with Crippen molar-refractivity contribution in [3.8, 4) is 0 Å². The van der Waals surface area contributed by atoms with Crippen LogP contribution in [0.15, 0.2) is 18.2 Å². The standard InChI is InChI=1S/C12H16F2O2/c1-4-16-12(2,3)11(15)9-6-5-8(13)7-10(9)14/h5-7,11,15H,4H2,1-3H3. The van der Waals surface area contributed by atoms with Gasteiger partial charge >= 0.3 is 0 Å². The first-order valence-corrected chi connectivity index (χ1v) is 5.15. The van der Waals surface area contributed by atoms with E-state index in [0.717, 1.165) is 12.1 Å². The van der Waals surface area contributed by atoms with Crippen LogP contribution in [0.1, 0.15) is 32.4 Å². The van der Waals surface area contributed by atoms with Crippen molar-refractivity contribution in [1.29, 1.82) is 0 Å². The minimum absolute atomic E-state index is 0.0415. The fourth-order valence-corrected chi connectivity index (χ4v) is 1.55.